The molecule has 1 amide bonds. The summed E-state index contributed by atoms with van der Waals surface area (Å²) in [7, 11) is 0. The van der Waals surface area contributed by atoms with E-state index in [-0.39, 0.29) is 17.1 Å². The molecule has 3 aromatic rings. The molecule has 0 aliphatic carbocycles. The fourth-order valence-corrected chi connectivity index (χ4v) is 2.39. The van der Waals surface area contributed by atoms with Crippen molar-refractivity contribution in [2.45, 2.75) is 6.92 Å². The first-order valence-electron chi connectivity index (χ1n) is 6.99. The van der Waals surface area contributed by atoms with Crippen molar-refractivity contribution in [2.24, 2.45) is 5.10 Å². The smallest absolute Gasteiger partial charge is 0.275 e. The predicted molar refractivity (Wildman–Crippen MR) is 87.9 cm³/mol. The van der Waals surface area contributed by atoms with E-state index in [1.165, 1.54) is 12.1 Å². The van der Waals surface area contributed by atoms with E-state index in [4.69, 9.17) is 0 Å². The molecule has 6 heteroatoms. The van der Waals surface area contributed by atoms with Gasteiger partial charge in [-0.1, -0.05) is 18.2 Å². The van der Waals surface area contributed by atoms with Crippen molar-refractivity contribution in [1.29, 1.82) is 0 Å². The second kappa shape index (κ2) is 5.84. The second-order valence-electron chi connectivity index (χ2n) is 5.11. The van der Waals surface area contributed by atoms with Crippen LogP contribution < -0.4 is 5.43 Å². The number of rotatable bonds is 3. The molecule has 0 aliphatic heterocycles. The minimum absolute atomic E-state index is 0.0376. The van der Waals surface area contributed by atoms with Crippen LogP contribution in [0.5, 0.6) is 11.5 Å². The Labute approximate surface area is 132 Å². The average molecular weight is 309 g/mol. The molecule has 0 bridgehead atoms. The number of benzene rings is 2. The van der Waals surface area contributed by atoms with E-state index in [1.807, 2.05) is 31.2 Å². The molecule has 3 rings (SSSR count). The summed E-state index contributed by atoms with van der Waals surface area (Å²) in [5.41, 5.74) is 5.22. The number of fused-ring (bicyclic) bond motifs is 1. The number of aromatic hydroxyl groups is 2. The van der Waals surface area contributed by atoms with E-state index in [9.17, 15) is 15.0 Å². The largest absolute Gasteiger partial charge is 0.508 e. The van der Waals surface area contributed by atoms with Gasteiger partial charge in [-0.2, -0.15) is 5.10 Å². The molecule has 0 atom stereocenters. The fraction of sp³-hybridized carbons (Fsp3) is 0.0588. The van der Waals surface area contributed by atoms with E-state index >= 15 is 0 Å². The van der Waals surface area contributed by atoms with Crippen LogP contribution >= 0.6 is 0 Å². The number of nitrogens with one attached hydrogen (secondary N) is 2. The van der Waals surface area contributed by atoms with Crippen LogP contribution in [0.3, 0.4) is 0 Å². The molecule has 1 aromatic heterocycles. The minimum atomic E-state index is -0.559. The molecule has 1 heterocycles. The SMILES string of the molecule is Cc1[nH]c2ccccc2c1/C=N\NC(=O)c1ccc(O)cc1O. The lowest BCUT2D eigenvalue weighted by Crippen LogP contribution is -2.17. The van der Waals surface area contributed by atoms with Crippen LogP contribution in [0.15, 0.2) is 47.6 Å². The molecule has 2 aromatic carbocycles. The number of aryl methyl sites for hydroxylation is 1. The lowest BCUT2D eigenvalue weighted by Gasteiger charge is -2.03. The number of amides is 1. The quantitative estimate of drug-likeness (QED) is 0.442. The van der Waals surface area contributed by atoms with E-state index < -0.39 is 5.91 Å². The van der Waals surface area contributed by atoms with Crippen LogP contribution in [-0.4, -0.2) is 27.3 Å². The highest BCUT2D eigenvalue weighted by atomic mass is 16.3. The third kappa shape index (κ3) is 2.87. The van der Waals surface area contributed by atoms with Crippen molar-refractivity contribution in [3.63, 3.8) is 0 Å². The summed E-state index contributed by atoms with van der Waals surface area (Å²) in [5.74, 6) is -0.978. The van der Waals surface area contributed by atoms with Crippen molar-refractivity contribution in [3.8, 4) is 11.5 Å². The topological polar surface area (TPSA) is 97.7 Å². The molecule has 116 valence electrons. The Hall–Kier alpha value is -3.28. The average Bonchev–Trinajstić information content (AvgIpc) is 2.83. The van der Waals surface area contributed by atoms with Gasteiger partial charge < -0.3 is 15.2 Å². The van der Waals surface area contributed by atoms with Crippen molar-refractivity contribution < 1.29 is 15.0 Å². The summed E-state index contributed by atoms with van der Waals surface area (Å²) in [5, 5.41) is 23.8. The van der Waals surface area contributed by atoms with Gasteiger partial charge in [0.2, 0.25) is 0 Å². The zero-order valence-electron chi connectivity index (χ0n) is 12.4. The number of hydrazone groups is 1. The highest BCUT2D eigenvalue weighted by Gasteiger charge is 2.11. The van der Waals surface area contributed by atoms with Gasteiger partial charge in [-0.3, -0.25) is 4.79 Å². The summed E-state index contributed by atoms with van der Waals surface area (Å²) in [4.78, 5) is 15.2. The number of carbonyl (C=O) groups is 1. The first-order valence-corrected chi connectivity index (χ1v) is 6.99. The van der Waals surface area contributed by atoms with Gasteiger partial charge in [0.25, 0.3) is 5.91 Å². The highest BCUT2D eigenvalue weighted by molar-refractivity contribution is 6.02. The number of phenolic OH excluding ortho intramolecular Hbond substituents is 2. The Morgan fingerprint density at radius 1 is 1.22 bits per heavy atom. The maximum atomic E-state index is 12.0. The molecular formula is C17H15N3O3. The van der Waals surface area contributed by atoms with Crippen LogP contribution in [0.25, 0.3) is 10.9 Å². The van der Waals surface area contributed by atoms with Crippen LogP contribution in [0, 0.1) is 6.92 Å². The number of H-pyrrole nitrogens is 1. The number of para-hydroxylation sites is 1. The zero-order chi connectivity index (χ0) is 16.4. The Morgan fingerprint density at radius 3 is 2.78 bits per heavy atom. The molecular weight excluding hydrogens is 294 g/mol. The fourth-order valence-electron chi connectivity index (χ4n) is 2.39. The highest BCUT2D eigenvalue weighted by Crippen LogP contribution is 2.22. The van der Waals surface area contributed by atoms with Crippen LogP contribution in [0.4, 0.5) is 0 Å². The van der Waals surface area contributed by atoms with Gasteiger partial charge in [-0.15, -0.1) is 0 Å². The number of aromatic nitrogens is 1. The summed E-state index contributed by atoms with van der Waals surface area (Å²) in [6, 6.07) is 11.5. The van der Waals surface area contributed by atoms with Gasteiger partial charge in [-0.25, -0.2) is 5.43 Å². The number of carbonyl (C=O) groups excluding carboxylic acids is 1. The molecule has 0 radical (unpaired) electrons. The predicted octanol–water partition coefficient (Wildman–Crippen LogP) is 2.65. The van der Waals surface area contributed by atoms with Gasteiger partial charge in [0, 0.05) is 28.2 Å². The molecule has 0 unspecified atom stereocenters. The summed E-state index contributed by atoms with van der Waals surface area (Å²) >= 11 is 0. The van der Waals surface area contributed by atoms with Gasteiger partial charge >= 0.3 is 0 Å². The summed E-state index contributed by atoms with van der Waals surface area (Å²) in [6.45, 7) is 1.93. The maximum Gasteiger partial charge on any atom is 0.275 e. The van der Waals surface area contributed by atoms with E-state index in [0.29, 0.717) is 0 Å². The number of phenols is 2. The van der Waals surface area contributed by atoms with E-state index in [0.717, 1.165) is 28.2 Å². The molecule has 0 saturated heterocycles. The molecule has 6 nitrogen and oxygen atoms in total. The normalized spacial score (nSPS) is 11.2. The van der Waals surface area contributed by atoms with E-state index in [1.54, 1.807) is 6.21 Å². The second-order valence-corrected chi connectivity index (χ2v) is 5.11. The molecule has 23 heavy (non-hydrogen) atoms. The van der Waals surface area contributed by atoms with Gasteiger partial charge in [-0.05, 0) is 25.1 Å². The summed E-state index contributed by atoms with van der Waals surface area (Å²) in [6.07, 6.45) is 1.56. The Morgan fingerprint density at radius 2 is 2.00 bits per heavy atom. The zero-order valence-corrected chi connectivity index (χ0v) is 12.4. The first kappa shape index (κ1) is 14.6. The Kier molecular flexibility index (Phi) is 3.72. The van der Waals surface area contributed by atoms with Gasteiger partial charge in [0.05, 0.1) is 11.8 Å². The molecule has 4 N–H and O–H groups in total. The molecule has 0 fully saturated rings. The standard InChI is InChI=1S/C17H15N3O3/c1-10-14(12-4-2-3-5-15(12)19-10)9-18-20-17(23)13-7-6-11(21)8-16(13)22/h2-9,19,21-22H,1H3,(H,20,23)/b18-9-. The molecule has 0 aliphatic rings. The molecule has 0 spiro atoms. The summed E-state index contributed by atoms with van der Waals surface area (Å²) < 4.78 is 0. The third-order valence-electron chi connectivity index (χ3n) is 3.53. The van der Waals surface area contributed by atoms with Crippen molar-refractivity contribution in [3.05, 3.63) is 59.3 Å². The van der Waals surface area contributed by atoms with E-state index in [2.05, 4.69) is 15.5 Å². The Balaban J connectivity index is 1.80. The van der Waals surface area contributed by atoms with Gasteiger partial charge in [0.1, 0.15) is 11.5 Å². The lowest BCUT2D eigenvalue weighted by molar-refractivity contribution is 0.0952. The Bertz CT molecular complexity index is 913. The number of aromatic amines is 1. The van der Waals surface area contributed by atoms with Crippen LogP contribution in [-0.2, 0) is 0 Å². The van der Waals surface area contributed by atoms with Crippen molar-refractivity contribution >= 4 is 23.0 Å². The molecule has 0 saturated carbocycles. The number of hydrogen-bond acceptors (Lipinski definition) is 4. The third-order valence-corrected chi connectivity index (χ3v) is 3.53. The number of nitrogens with zero attached hydrogens (tertiary/aromatic N) is 1. The van der Waals surface area contributed by atoms with Gasteiger partial charge in [0.15, 0.2) is 0 Å². The lowest BCUT2D eigenvalue weighted by atomic mass is 10.1. The number of hydrogen-bond donors (Lipinski definition) is 4. The maximum absolute atomic E-state index is 12.0. The van der Waals surface area contributed by atoms with Crippen molar-refractivity contribution in [1.82, 2.24) is 10.4 Å². The van der Waals surface area contributed by atoms with Crippen LogP contribution in [0.1, 0.15) is 21.6 Å². The van der Waals surface area contributed by atoms with Crippen molar-refractivity contribution in [2.75, 3.05) is 0 Å². The first-order chi connectivity index (χ1) is 11.1. The monoisotopic (exact) mass is 309 g/mol. The van der Waals surface area contributed by atoms with Crippen LogP contribution in [0.2, 0.25) is 0 Å². The minimum Gasteiger partial charge on any atom is -0.508 e.